The van der Waals surface area contributed by atoms with Gasteiger partial charge in [0.15, 0.2) is 5.16 Å². The van der Waals surface area contributed by atoms with E-state index in [-0.39, 0.29) is 29.4 Å². The van der Waals surface area contributed by atoms with Gasteiger partial charge >= 0.3 is 0 Å². The van der Waals surface area contributed by atoms with Crippen LogP contribution in [0.1, 0.15) is 54.6 Å². The zero-order chi connectivity index (χ0) is 26.7. The highest BCUT2D eigenvalue weighted by molar-refractivity contribution is 7.99. The minimum Gasteiger partial charge on any atom is -0.326 e. The van der Waals surface area contributed by atoms with Crippen molar-refractivity contribution < 1.29 is 9.59 Å². The van der Waals surface area contributed by atoms with Crippen LogP contribution >= 0.6 is 23.1 Å². The van der Waals surface area contributed by atoms with Crippen molar-refractivity contribution in [2.24, 2.45) is 18.4 Å². The number of aromatic nitrogens is 3. The second-order valence-corrected chi connectivity index (χ2v) is 12.6. The molecule has 10 heteroatoms. The molecule has 0 spiro atoms. The van der Waals surface area contributed by atoms with E-state index in [1.807, 2.05) is 31.2 Å². The first-order valence-electron chi connectivity index (χ1n) is 12.3. The maximum atomic E-state index is 12.8. The van der Waals surface area contributed by atoms with Gasteiger partial charge in [-0.05, 0) is 55.2 Å². The van der Waals surface area contributed by atoms with Gasteiger partial charge in [-0.15, -0.1) is 21.5 Å². The summed E-state index contributed by atoms with van der Waals surface area (Å²) in [5, 5.41) is 25.0. The number of carbonyl (C=O) groups is 2. The molecule has 0 bridgehead atoms. The highest BCUT2D eigenvalue weighted by Crippen LogP contribution is 2.44. The number of rotatable bonds is 7. The number of thioether (sulfide) groups is 1. The van der Waals surface area contributed by atoms with Crippen molar-refractivity contribution in [2.45, 2.75) is 58.5 Å². The Kier molecular flexibility index (Phi) is 8.05. The highest BCUT2D eigenvalue weighted by atomic mass is 32.2. The molecular formula is C27H32N6O2S2. The number of nitrogens with zero attached hydrogens (tertiary/aromatic N) is 4. The fourth-order valence-corrected chi connectivity index (χ4v) is 6.46. The lowest BCUT2D eigenvalue weighted by atomic mass is 9.72. The van der Waals surface area contributed by atoms with Gasteiger partial charge in [-0.3, -0.25) is 9.59 Å². The first-order valence-corrected chi connectivity index (χ1v) is 14.1. The Morgan fingerprint density at radius 1 is 1.19 bits per heavy atom. The minimum atomic E-state index is -0.200. The fourth-order valence-electron chi connectivity index (χ4n) is 4.43. The quantitative estimate of drug-likeness (QED) is 0.405. The van der Waals surface area contributed by atoms with Crippen molar-refractivity contribution in [2.75, 3.05) is 16.4 Å². The molecule has 8 nitrogen and oxygen atoms in total. The first kappa shape index (κ1) is 26.9. The third-order valence-corrected chi connectivity index (χ3v) is 8.96. The number of hydrogen-bond acceptors (Lipinski definition) is 7. The lowest BCUT2D eigenvalue weighted by Crippen LogP contribution is -2.26. The number of aryl methyl sites for hydroxylation is 1. The van der Waals surface area contributed by atoms with E-state index in [0.29, 0.717) is 27.5 Å². The number of carbonyl (C=O) groups excluding carboxylic acids is 2. The lowest BCUT2D eigenvalue weighted by molar-refractivity contribution is -0.116. The average molecular weight is 537 g/mol. The summed E-state index contributed by atoms with van der Waals surface area (Å²) < 4.78 is 1.73. The molecule has 4 rings (SSSR count). The van der Waals surface area contributed by atoms with Gasteiger partial charge in [0.05, 0.1) is 17.7 Å². The van der Waals surface area contributed by atoms with Crippen LogP contribution in [0.15, 0.2) is 29.4 Å². The Balaban J connectivity index is 1.34. The van der Waals surface area contributed by atoms with Crippen LogP contribution in [-0.2, 0) is 35.9 Å². The van der Waals surface area contributed by atoms with Crippen LogP contribution < -0.4 is 10.6 Å². The van der Waals surface area contributed by atoms with Crippen molar-refractivity contribution in [3.05, 3.63) is 51.7 Å². The van der Waals surface area contributed by atoms with Gasteiger partial charge in [-0.1, -0.05) is 50.2 Å². The number of thiophene rings is 1. The summed E-state index contributed by atoms with van der Waals surface area (Å²) in [6.07, 6.45) is 2.96. The normalized spacial score (nSPS) is 15.1. The summed E-state index contributed by atoms with van der Waals surface area (Å²) >= 11 is 2.78. The van der Waals surface area contributed by atoms with Crippen molar-refractivity contribution in [3.63, 3.8) is 0 Å². The molecule has 3 aromatic rings. The van der Waals surface area contributed by atoms with Gasteiger partial charge in [-0.2, -0.15) is 5.26 Å². The Bertz CT molecular complexity index is 1340. The second-order valence-electron chi connectivity index (χ2n) is 10.5. The molecule has 1 aliphatic carbocycles. The number of anilines is 2. The van der Waals surface area contributed by atoms with E-state index in [9.17, 15) is 14.9 Å². The van der Waals surface area contributed by atoms with E-state index in [2.05, 4.69) is 47.7 Å². The van der Waals surface area contributed by atoms with Crippen molar-refractivity contribution >= 4 is 45.6 Å². The molecule has 194 valence electrons. The number of benzene rings is 1. The molecule has 0 aliphatic heterocycles. The van der Waals surface area contributed by atoms with Crippen molar-refractivity contribution in [1.29, 1.82) is 5.26 Å². The van der Waals surface area contributed by atoms with Crippen LogP contribution in [0.2, 0.25) is 0 Å². The molecular weight excluding hydrogens is 504 g/mol. The molecule has 37 heavy (non-hydrogen) atoms. The maximum absolute atomic E-state index is 12.8. The van der Waals surface area contributed by atoms with Gasteiger partial charge in [0.1, 0.15) is 16.9 Å². The van der Waals surface area contributed by atoms with Crippen molar-refractivity contribution in [3.8, 4) is 6.07 Å². The number of nitriles is 1. The van der Waals surface area contributed by atoms with Crippen LogP contribution in [0, 0.1) is 29.6 Å². The zero-order valence-corrected chi connectivity index (χ0v) is 23.5. The molecule has 0 fully saturated rings. The van der Waals surface area contributed by atoms with Crippen LogP contribution in [0.5, 0.6) is 0 Å². The zero-order valence-electron chi connectivity index (χ0n) is 21.8. The van der Waals surface area contributed by atoms with Crippen LogP contribution in [0.4, 0.5) is 10.7 Å². The molecule has 2 N–H and O–H groups in total. The molecule has 0 saturated heterocycles. The maximum Gasteiger partial charge on any atom is 0.235 e. The van der Waals surface area contributed by atoms with Gasteiger partial charge in [0, 0.05) is 17.6 Å². The molecule has 0 unspecified atom stereocenters. The Hall–Kier alpha value is -3.16. The third-order valence-electron chi connectivity index (χ3n) is 6.77. The van der Waals surface area contributed by atoms with Gasteiger partial charge in [-0.25, -0.2) is 0 Å². The Morgan fingerprint density at radius 3 is 2.59 bits per heavy atom. The fraction of sp³-hybridized carbons (Fsp3) is 0.444. The standard InChI is InChI=1S/C27H32N6O2S2/c1-16-6-9-18(10-7-16)29-23(34)13-22-31-32-26(33(22)5)36-15-24(35)30-25-20(14-28)19-11-8-17(27(2,3)4)12-21(19)37-25/h6-7,9-10,17H,8,11-13,15H2,1-5H3,(H,29,34)(H,30,35)/t17-/m1/s1. The molecule has 0 radical (unpaired) electrons. The summed E-state index contributed by atoms with van der Waals surface area (Å²) in [4.78, 5) is 26.4. The van der Waals surface area contributed by atoms with Gasteiger partial charge in [0.2, 0.25) is 11.8 Å². The van der Waals surface area contributed by atoms with E-state index >= 15 is 0 Å². The molecule has 0 saturated carbocycles. The van der Waals surface area contributed by atoms with E-state index in [4.69, 9.17) is 0 Å². The van der Waals surface area contributed by atoms with E-state index in [0.717, 1.165) is 36.1 Å². The monoisotopic (exact) mass is 536 g/mol. The number of amides is 2. The summed E-state index contributed by atoms with van der Waals surface area (Å²) in [7, 11) is 1.78. The van der Waals surface area contributed by atoms with E-state index in [1.54, 1.807) is 11.6 Å². The highest BCUT2D eigenvalue weighted by Gasteiger charge is 2.32. The van der Waals surface area contributed by atoms with E-state index in [1.165, 1.54) is 28.0 Å². The summed E-state index contributed by atoms with van der Waals surface area (Å²) in [5.41, 5.74) is 3.76. The van der Waals surface area contributed by atoms with E-state index < -0.39 is 0 Å². The molecule has 1 aromatic carbocycles. The van der Waals surface area contributed by atoms with Crippen LogP contribution in [-0.4, -0.2) is 32.3 Å². The molecule has 2 aromatic heterocycles. The first-order chi connectivity index (χ1) is 17.5. The van der Waals surface area contributed by atoms with Crippen molar-refractivity contribution in [1.82, 2.24) is 14.8 Å². The summed E-state index contributed by atoms with van der Waals surface area (Å²) in [6, 6.07) is 9.89. The summed E-state index contributed by atoms with van der Waals surface area (Å²) in [6.45, 7) is 8.77. The minimum absolute atomic E-state index is 0.0754. The second kappa shape index (κ2) is 11.1. The summed E-state index contributed by atoms with van der Waals surface area (Å²) in [5.74, 6) is 0.814. The topological polar surface area (TPSA) is 113 Å². The lowest BCUT2D eigenvalue weighted by Gasteiger charge is -2.33. The van der Waals surface area contributed by atoms with Crippen LogP contribution in [0.25, 0.3) is 0 Å². The largest absolute Gasteiger partial charge is 0.326 e. The van der Waals surface area contributed by atoms with Gasteiger partial charge < -0.3 is 15.2 Å². The number of hydrogen-bond donors (Lipinski definition) is 2. The molecule has 1 atom stereocenters. The average Bonchev–Trinajstić information content (AvgIpc) is 3.37. The molecule has 2 amide bonds. The predicted molar refractivity (Wildman–Crippen MR) is 148 cm³/mol. The molecule has 1 aliphatic rings. The van der Waals surface area contributed by atoms with Crippen LogP contribution in [0.3, 0.4) is 0 Å². The van der Waals surface area contributed by atoms with Gasteiger partial charge in [0.25, 0.3) is 0 Å². The third kappa shape index (κ3) is 6.40. The Morgan fingerprint density at radius 2 is 1.92 bits per heavy atom. The molecule has 2 heterocycles. The predicted octanol–water partition coefficient (Wildman–Crippen LogP) is 5.12. The SMILES string of the molecule is Cc1ccc(NC(=O)Cc2nnc(SCC(=O)Nc3sc4c(c3C#N)CC[C@@H](C(C)(C)C)C4)n2C)cc1. The smallest absolute Gasteiger partial charge is 0.235 e. The number of nitrogens with one attached hydrogen (secondary N) is 2. The number of fused-ring (bicyclic) bond motifs is 1. The Labute approximate surface area is 225 Å².